The summed E-state index contributed by atoms with van der Waals surface area (Å²) in [5, 5.41) is -0.891. The van der Waals surface area contributed by atoms with E-state index in [0.717, 1.165) is 6.07 Å². The lowest BCUT2D eigenvalue weighted by Crippen LogP contribution is -2.03. The molecule has 0 heterocycles. The molecular formula is C15H12BrClF2O2. The molecule has 0 saturated heterocycles. The van der Waals surface area contributed by atoms with Gasteiger partial charge in [0, 0.05) is 11.1 Å². The average Bonchev–Trinajstić information content (AvgIpc) is 2.49. The standard InChI is InChI=1S/C15H12BrClF2O2/c1-20-11-7-6-9(15(21-2)12(11)16)13(17)8-4-3-5-10(18)14(8)19/h3-7,13H,1-2H3. The summed E-state index contributed by atoms with van der Waals surface area (Å²) in [4.78, 5) is 0. The Bertz CT molecular complexity index is 664. The average molecular weight is 378 g/mol. The molecule has 2 aromatic carbocycles. The van der Waals surface area contributed by atoms with Gasteiger partial charge in [0.1, 0.15) is 16.0 Å². The molecule has 112 valence electrons. The lowest BCUT2D eigenvalue weighted by molar-refractivity contribution is 0.386. The lowest BCUT2D eigenvalue weighted by atomic mass is 10.0. The maximum Gasteiger partial charge on any atom is 0.163 e. The topological polar surface area (TPSA) is 18.5 Å². The van der Waals surface area contributed by atoms with Crippen molar-refractivity contribution in [2.24, 2.45) is 0 Å². The van der Waals surface area contributed by atoms with Gasteiger partial charge >= 0.3 is 0 Å². The van der Waals surface area contributed by atoms with Crippen molar-refractivity contribution >= 4 is 27.5 Å². The number of hydrogen-bond donors (Lipinski definition) is 0. The van der Waals surface area contributed by atoms with Gasteiger partial charge in [0.05, 0.1) is 19.6 Å². The molecule has 0 N–H and O–H groups in total. The van der Waals surface area contributed by atoms with E-state index >= 15 is 0 Å². The summed E-state index contributed by atoms with van der Waals surface area (Å²) in [6, 6.07) is 7.23. The van der Waals surface area contributed by atoms with Gasteiger partial charge in [-0.2, -0.15) is 0 Å². The Labute approximate surface area is 134 Å². The molecule has 0 aliphatic carbocycles. The number of halogens is 4. The third kappa shape index (κ3) is 2.99. The van der Waals surface area contributed by atoms with Crippen molar-refractivity contribution in [3.8, 4) is 11.5 Å². The molecule has 0 aliphatic heterocycles. The quantitative estimate of drug-likeness (QED) is 0.692. The Kier molecular flexibility index (Phi) is 5.06. The highest BCUT2D eigenvalue weighted by Gasteiger charge is 2.23. The van der Waals surface area contributed by atoms with Gasteiger partial charge in [-0.15, -0.1) is 11.6 Å². The molecule has 2 aromatic rings. The predicted octanol–water partition coefficient (Wildman–Crippen LogP) is 5.07. The van der Waals surface area contributed by atoms with Gasteiger partial charge < -0.3 is 9.47 Å². The van der Waals surface area contributed by atoms with Crippen molar-refractivity contribution < 1.29 is 18.3 Å². The van der Waals surface area contributed by atoms with Crippen molar-refractivity contribution in [3.63, 3.8) is 0 Å². The molecular weight excluding hydrogens is 366 g/mol. The zero-order valence-corrected chi connectivity index (χ0v) is 13.6. The summed E-state index contributed by atoms with van der Waals surface area (Å²) in [7, 11) is 2.98. The Morgan fingerprint density at radius 3 is 2.38 bits per heavy atom. The normalized spacial score (nSPS) is 12.1. The van der Waals surface area contributed by atoms with Gasteiger partial charge in [-0.1, -0.05) is 12.1 Å². The van der Waals surface area contributed by atoms with Gasteiger partial charge in [-0.3, -0.25) is 0 Å². The van der Waals surface area contributed by atoms with Crippen LogP contribution in [-0.2, 0) is 0 Å². The van der Waals surface area contributed by atoms with E-state index in [1.807, 2.05) is 0 Å². The Morgan fingerprint density at radius 1 is 1.05 bits per heavy atom. The first-order valence-electron chi connectivity index (χ1n) is 5.99. The molecule has 6 heteroatoms. The molecule has 1 atom stereocenters. The van der Waals surface area contributed by atoms with Gasteiger partial charge in [0.15, 0.2) is 11.6 Å². The fourth-order valence-electron chi connectivity index (χ4n) is 2.00. The first-order valence-corrected chi connectivity index (χ1v) is 7.22. The minimum absolute atomic E-state index is 0.0482. The maximum absolute atomic E-state index is 13.9. The molecule has 0 bridgehead atoms. The van der Waals surface area contributed by atoms with Crippen LogP contribution >= 0.6 is 27.5 Å². The van der Waals surface area contributed by atoms with Crippen LogP contribution in [0.1, 0.15) is 16.5 Å². The Hall–Kier alpha value is -1.33. The molecule has 0 amide bonds. The second kappa shape index (κ2) is 6.62. The van der Waals surface area contributed by atoms with Crippen LogP contribution in [0.15, 0.2) is 34.8 Å². The van der Waals surface area contributed by atoms with Crippen LogP contribution < -0.4 is 9.47 Å². The SMILES string of the molecule is COc1ccc(C(Cl)c2cccc(F)c2F)c(OC)c1Br. The minimum Gasteiger partial charge on any atom is -0.495 e. The highest BCUT2D eigenvalue weighted by atomic mass is 79.9. The first kappa shape index (κ1) is 16.0. The van der Waals surface area contributed by atoms with E-state index in [-0.39, 0.29) is 5.56 Å². The smallest absolute Gasteiger partial charge is 0.163 e. The molecule has 0 aliphatic rings. The molecule has 0 saturated carbocycles. The van der Waals surface area contributed by atoms with Crippen LogP contribution in [0, 0.1) is 11.6 Å². The van der Waals surface area contributed by atoms with Crippen molar-refractivity contribution in [2.45, 2.75) is 5.38 Å². The first-order chi connectivity index (χ1) is 10.0. The van der Waals surface area contributed by atoms with Crippen molar-refractivity contribution in [1.29, 1.82) is 0 Å². The zero-order chi connectivity index (χ0) is 15.6. The number of rotatable bonds is 4. The second-order valence-electron chi connectivity index (χ2n) is 4.21. The van der Waals surface area contributed by atoms with E-state index < -0.39 is 17.0 Å². The zero-order valence-electron chi connectivity index (χ0n) is 11.3. The number of ether oxygens (including phenoxy) is 2. The monoisotopic (exact) mass is 376 g/mol. The molecule has 0 radical (unpaired) electrons. The van der Waals surface area contributed by atoms with Crippen LogP contribution in [0.25, 0.3) is 0 Å². The van der Waals surface area contributed by atoms with Gasteiger partial charge in [0.25, 0.3) is 0 Å². The second-order valence-corrected chi connectivity index (χ2v) is 5.44. The van der Waals surface area contributed by atoms with E-state index in [2.05, 4.69) is 15.9 Å². The highest BCUT2D eigenvalue weighted by molar-refractivity contribution is 9.10. The summed E-state index contributed by atoms with van der Waals surface area (Å²) < 4.78 is 38.3. The van der Waals surface area contributed by atoms with Gasteiger partial charge in [-0.25, -0.2) is 8.78 Å². The van der Waals surface area contributed by atoms with Crippen LogP contribution in [0.5, 0.6) is 11.5 Å². The number of hydrogen-bond acceptors (Lipinski definition) is 2. The Balaban J connectivity index is 2.56. The fraction of sp³-hybridized carbons (Fsp3) is 0.200. The lowest BCUT2D eigenvalue weighted by Gasteiger charge is -2.18. The third-order valence-corrected chi connectivity index (χ3v) is 4.26. The van der Waals surface area contributed by atoms with Crippen LogP contribution in [0.3, 0.4) is 0 Å². The van der Waals surface area contributed by atoms with E-state index in [1.54, 1.807) is 12.1 Å². The number of alkyl halides is 1. The molecule has 0 spiro atoms. The molecule has 21 heavy (non-hydrogen) atoms. The maximum atomic E-state index is 13.9. The van der Waals surface area contributed by atoms with Crippen molar-refractivity contribution in [3.05, 3.63) is 57.6 Å². The molecule has 0 fully saturated rings. The largest absolute Gasteiger partial charge is 0.495 e. The summed E-state index contributed by atoms with van der Waals surface area (Å²) in [6.45, 7) is 0. The predicted molar refractivity (Wildman–Crippen MR) is 81.3 cm³/mol. The third-order valence-electron chi connectivity index (χ3n) is 3.04. The van der Waals surface area contributed by atoms with E-state index in [1.165, 1.54) is 26.4 Å². The highest BCUT2D eigenvalue weighted by Crippen LogP contribution is 2.44. The van der Waals surface area contributed by atoms with E-state index in [9.17, 15) is 8.78 Å². The molecule has 2 rings (SSSR count). The molecule has 1 unspecified atom stereocenters. The van der Waals surface area contributed by atoms with Crippen LogP contribution in [0.4, 0.5) is 8.78 Å². The number of benzene rings is 2. The van der Waals surface area contributed by atoms with Crippen LogP contribution in [0.2, 0.25) is 0 Å². The van der Waals surface area contributed by atoms with E-state index in [0.29, 0.717) is 21.5 Å². The summed E-state index contributed by atoms with van der Waals surface area (Å²) >= 11 is 9.66. The summed E-state index contributed by atoms with van der Waals surface area (Å²) in [5.74, 6) is -0.937. The van der Waals surface area contributed by atoms with Gasteiger partial charge in [-0.05, 0) is 34.1 Å². The van der Waals surface area contributed by atoms with Crippen LogP contribution in [-0.4, -0.2) is 14.2 Å². The van der Waals surface area contributed by atoms with Gasteiger partial charge in [0.2, 0.25) is 0 Å². The minimum atomic E-state index is -0.966. The molecule has 2 nitrogen and oxygen atoms in total. The van der Waals surface area contributed by atoms with Crippen molar-refractivity contribution in [1.82, 2.24) is 0 Å². The summed E-state index contributed by atoms with van der Waals surface area (Å²) in [6.07, 6.45) is 0. The van der Waals surface area contributed by atoms with Crippen molar-refractivity contribution in [2.75, 3.05) is 14.2 Å². The number of methoxy groups -OCH3 is 2. The van der Waals surface area contributed by atoms with E-state index in [4.69, 9.17) is 21.1 Å². The Morgan fingerprint density at radius 2 is 1.76 bits per heavy atom. The summed E-state index contributed by atoms with van der Waals surface area (Å²) in [5.41, 5.74) is 0.559. The fourth-order valence-corrected chi connectivity index (χ4v) is 3.03. The molecule has 0 aromatic heterocycles.